The predicted octanol–water partition coefficient (Wildman–Crippen LogP) is 3.10. The van der Waals surface area contributed by atoms with Crippen LogP contribution in [0, 0.1) is 11.8 Å². The van der Waals surface area contributed by atoms with Gasteiger partial charge in [-0.2, -0.15) is 13.2 Å². The number of anilines is 4. The molecule has 2 amide bonds. The number of urea groups is 1. The lowest BCUT2D eigenvalue weighted by molar-refractivity contribution is -0.137. The van der Waals surface area contributed by atoms with Crippen LogP contribution in [0.1, 0.15) is 16.7 Å². The molecule has 3 rings (SSSR count). The Bertz CT molecular complexity index is 1130. The van der Waals surface area contributed by atoms with Crippen molar-refractivity contribution in [3.63, 3.8) is 0 Å². The van der Waals surface area contributed by atoms with Crippen molar-refractivity contribution >= 4 is 29.2 Å². The maximum Gasteiger partial charge on any atom is 0.416 e. The highest BCUT2D eigenvalue weighted by Crippen LogP contribution is 2.29. The normalized spacial score (nSPS) is 10.6. The van der Waals surface area contributed by atoms with E-state index in [9.17, 15) is 18.0 Å². The second-order valence-corrected chi connectivity index (χ2v) is 5.86. The van der Waals surface area contributed by atoms with Crippen LogP contribution in [0.5, 0.6) is 0 Å². The number of benzene rings is 1. The van der Waals surface area contributed by atoms with E-state index in [1.165, 1.54) is 6.33 Å². The van der Waals surface area contributed by atoms with Gasteiger partial charge in [0.2, 0.25) is 0 Å². The molecule has 11 heteroatoms. The molecule has 2 aromatic heterocycles. The van der Waals surface area contributed by atoms with Crippen LogP contribution < -0.4 is 22.1 Å². The summed E-state index contributed by atoms with van der Waals surface area (Å²) in [6.45, 7) is 0. The number of carbonyl (C=O) groups excluding carboxylic acids is 1. The molecule has 2 heterocycles. The van der Waals surface area contributed by atoms with Crippen molar-refractivity contribution in [2.45, 2.75) is 6.18 Å². The zero-order chi connectivity index (χ0) is 21.7. The van der Waals surface area contributed by atoms with Gasteiger partial charge in [-0.1, -0.05) is 17.9 Å². The molecule has 0 aliphatic rings. The average Bonchev–Trinajstić information content (AvgIpc) is 2.67. The number of nitrogens with two attached hydrogens (primary N) is 2. The van der Waals surface area contributed by atoms with E-state index >= 15 is 0 Å². The fourth-order valence-corrected chi connectivity index (χ4v) is 2.30. The van der Waals surface area contributed by atoms with Gasteiger partial charge in [0.05, 0.1) is 5.56 Å². The van der Waals surface area contributed by atoms with E-state index < -0.39 is 17.8 Å². The van der Waals surface area contributed by atoms with E-state index in [1.807, 2.05) is 0 Å². The first-order chi connectivity index (χ1) is 14.2. The van der Waals surface area contributed by atoms with Crippen molar-refractivity contribution in [2.24, 2.45) is 0 Å². The van der Waals surface area contributed by atoms with Crippen molar-refractivity contribution in [1.82, 2.24) is 15.0 Å². The Labute approximate surface area is 168 Å². The Morgan fingerprint density at radius 2 is 1.70 bits per heavy atom. The van der Waals surface area contributed by atoms with Gasteiger partial charge in [-0.15, -0.1) is 0 Å². The van der Waals surface area contributed by atoms with Gasteiger partial charge in [0.15, 0.2) is 0 Å². The Morgan fingerprint density at radius 1 is 0.967 bits per heavy atom. The summed E-state index contributed by atoms with van der Waals surface area (Å²) in [7, 11) is 0. The summed E-state index contributed by atoms with van der Waals surface area (Å²) < 4.78 is 38.2. The number of nitrogens with one attached hydrogen (secondary N) is 2. The molecular formula is C19H14F3N7O. The van der Waals surface area contributed by atoms with Crippen molar-refractivity contribution in [2.75, 3.05) is 22.1 Å². The van der Waals surface area contributed by atoms with Gasteiger partial charge in [-0.25, -0.2) is 19.7 Å². The molecule has 1 aromatic carbocycles. The quantitative estimate of drug-likeness (QED) is 0.478. The van der Waals surface area contributed by atoms with Crippen molar-refractivity contribution < 1.29 is 18.0 Å². The summed E-state index contributed by atoms with van der Waals surface area (Å²) in [5.41, 5.74) is 11.7. The largest absolute Gasteiger partial charge is 0.416 e. The summed E-state index contributed by atoms with van der Waals surface area (Å²) in [5, 5.41) is 4.75. The van der Waals surface area contributed by atoms with E-state index in [2.05, 4.69) is 37.4 Å². The number of halogens is 3. The topological polar surface area (TPSA) is 132 Å². The SMILES string of the molecule is Nc1ncnc(N)c1C#Cc1cccc(NC(=O)Nc2cc(C(F)(F)F)ccn2)c1. The van der Waals surface area contributed by atoms with Gasteiger partial charge < -0.3 is 16.8 Å². The minimum atomic E-state index is -4.54. The first-order valence-corrected chi connectivity index (χ1v) is 8.31. The number of alkyl halides is 3. The van der Waals surface area contributed by atoms with E-state index in [4.69, 9.17) is 11.5 Å². The molecule has 0 bridgehead atoms. The monoisotopic (exact) mass is 413 g/mol. The van der Waals surface area contributed by atoms with Crippen LogP contribution in [0.15, 0.2) is 48.9 Å². The molecule has 0 saturated carbocycles. The smallest absolute Gasteiger partial charge is 0.382 e. The number of nitrogens with zero attached hydrogens (tertiary/aromatic N) is 3. The van der Waals surface area contributed by atoms with Crippen LogP contribution >= 0.6 is 0 Å². The predicted molar refractivity (Wildman–Crippen MR) is 105 cm³/mol. The van der Waals surface area contributed by atoms with Gasteiger partial charge in [0.1, 0.15) is 29.3 Å². The van der Waals surface area contributed by atoms with Crippen molar-refractivity contribution in [1.29, 1.82) is 0 Å². The molecule has 0 aliphatic carbocycles. The lowest BCUT2D eigenvalue weighted by Gasteiger charge is -2.10. The van der Waals surface area contributed by atoms with Crippen molar-refractivity contribution in [3.05, 3.63) is 65.6 Å². The first-order valence-electron chi connectivity index (χ1n) is 8.31. The highest BCUT2D eigenvalue weighted by molar-refractivity contribution is 5.99. The molecule has 0 aliphatic heterocycles. The second-order valence-electron chi connectivity index (χ2n) is 5.86. The molecule has 6 N–H and O–H groups in total. The van der Waals surface area contributed by atoms with Crippen LogP contribution in [0.25, 0.3) is 0 Å². The molecule has 30 heavy (non-hydrogen) atoms. The molecule has 0 fully saturated rings. The number of carbonyl (C=O) groups is 1. The Morgan fingerprint density at radius 3 is 2.40 bits per heavy atom. The zero-order valence-electron chi connectivity index (χ0n) is 15.2. The summed E-state index contributed by atoms with van der Waals surface area (Å²) in [6.07, 6.45) is -2.36. The molecule has 0 spiro atoms. The molecule has 8 nitrogen and oxygen atoms in total. The van der Waals surface area contributed by atoms with E-state index in [-0.39, 0.29) is 23.0 Å². The lowest BCUT2D eigenvalue weighted by atomic mass is 10.2. The number of pyridine rings is 1. The standard InChI is InChI=1S/C19H14F3N7O/c20-19(21,22)12-6-7-25-15(9-12)29-18(30)28-13-3-1-2-11(8-13)4-5-14-16(23)26-10-27-17(14)24/h1-3,6-10H,(H4,23,24,26,27)(H2,25,28,29,30). The number of hydrogen-bond acceptors (Lipinski definition) is 6. The fourth-order valence-electron chi connectivity index (χ4n) is 2.30. The van der Waals surface area contributed by atoms with Crippen molar-refractivity contribution in [3.8, 4) is 11.8 Å². The first kappa shape index (κ1) is 20.4. The maximum atomic E-state index is 12.7. The zero-order valence-corrected chi connectivity index (χ0v) is 15.2. The minimum absolute atomic E-state index is 0.136. The third-order valence-electron chi connectivity index (χ3n) is 3.69. The van der Waals surface area contributed by atoms with Crippen LogP contribution in [-0.4, -0.2) is 21.0 Å². The van der Waals surface area contributed by atoms with E-state index in [0.29, 0.717) is 11.3 Å². The molecule has 152 valence electrons. The van der Waals surface area contributed by atoms with Crippen LogP contribution in [0.3, 0.4) is 0 Å². The van der Waals surface area contributed by atoms with Gasteiger partial charge in [0, 0.05) is 17.4 Å². The number of nitrogen functional groups attached to an aromatic ring is 2. The third-order valence-corrected chi connectivity index (χ3v) is 3.69. The molecule has 0 radical (unpaired) electrons. The Hall–Kier alpha value is -4.33. The number of aromatic nitrogens is 3. The molecule has 0 saturated heterocycles. The Kier molecular flexibility index (Phi) is 5.68. The lowest BCUT2D eigenvalue weighted by Crippen LogP contribution is -2.20. The van der Waals surface area contributed by atoms with Gasteiger partial charge in [0.25, 0.3) is 0 Å². The summed E-state index contributed by atoms with van der Waals surface area (Å²) in [5.74, 6) is 5.63. The number of hydrogen-bond donors (Lipinski definition) is 4. The summed E-state index contributed by atoms with van der Waals surface area (Å²) >= 11 is 0. The van der Waals surface area contributed by atoms with Gasteiger partial charge in [-0.3, -0.25) is 5.32 Å². The maximum absolute atomic E-state index is 12.7. The second kappa shape index (κ2) is 8.36. The molecule has 3 aromatic rings. The minimum Gasteiger partial charge on any atom is -0.382 e. The van der Waals surface area contributed by atoms with Crippen LogP contribution in [-0.2, 0) is 6.18 Å². The highest BCUT2D eigenvalue weighted by Gasteiger charge is 2.30. The van der Waals surface area contributed by atoms with Gasteiger partial charge in [-0.05, 0) is 30.3 Å². The van der Waals surface area contributed by atoms with E-state index in [0.717, 1.165) is 18.3 Å². The Balaban J connectivity index is 1.72. The van der Waals surface area contributed by atoms with Crippen LogP contribution in [0.4, 0.5) is 41.1 Å². The number of amides is 2. The third kappa shape index (κ3) is 5.14. The summed E-state index contributed by atoms with van der Waals surface area (Å²) in [4.78, 5) is 23.4. The number of rotatable bonds is 2. The summed E-state index contributed by atoms with van der Waals surface area (Å²) in [6, 6.07) is 7.23. The van der Waals surface area contributed by atoms with Gasteiger partial charge >= 0.3 is 12.2 Å². The highest BCUT2D eigenvalue weighted by atomic mass is 19.4. The average molecular weight is 413 g/mol. The van der Waals surface area contributed by atoms with E-state index in [1.54, 1.807) is 24.3 Å². The molecule has 0 atom stereocenters. The molecular weight excluding hydrogens is 399 g/mol. The fraction of sp³-hybridized carbons (Fsp3) is 0.0526. The molecule has 0 unspecified atom stereocenters. The van der Waals surface area contributed by atoms with Crippen LogP contribution in [0.2, 0.25) is 0 Å².